The van der Waals surface area contributed by atoms with Crippen molar-refractivity contribution >= 4 is 0 Å². The minimum atomic E-state index is -0.118. The standard InChI is InChI=1S/C14H29NO/c1-4-7-11-15(12-9-10-12)13(6-3)14(16)8-5-2/h12-14,16H,4-11H2,1-3H3. The molecule has 2 atom stereocenters. The molecule has 0 aromatic heterocycles. The first-order valence-electron chi connectivity index (χ1n) is 7.18. The summed E-state index contributed by atoms with van der Waals surface area (Å²) in [7, 11) is 0. The van der Waals surface area contributed by atoms with Crippen LogP contribution in [0.2, 0.25) is 0 Å². The zero-order valence-electron chi connectivity index (χ0n) is 11.3. The molecule has 0 spiro atoms. The van der Waals surface area contributed by atoms with Gasteiger partial charge in [0.1, 0.15) is 0 Å². The van der Waals surface area contributed by atoms with Crippen molar-refractivity contribution in [2.45, 2.75) is 83.9 Å². The minimum Gasteiger partial charge on any atom is -0.391 e. The number of unbranched alkanes of at least 4 members (excludes halogenated alkanes) is 1. The third-order valence-corrected chi connectivity index (χ3v) is 3.66. The molecular formula is C14H29NO. The Balaban J connectivity index is 2.50. The van der Waals surface area contributed by atoms with Gasteiger partial charge in [-0.15, -0.1) is 0 Å². The van der Waals surface area contributed by atoms with E-state index in [0.29, 0.717) is 6.04 Å². The molecule has 0 radical (unpaired) electrons. The Kier molecular flexibility index (Phi) is 6.37. The first-order chi connectivity index (χ1) is 7.74. The second kappa shape index (κ2) is 7.29. The fraction of sp³-hybridized carbons (Fsp3) is 1.00. The Morgan fingerprint density at radius 1 is 1.19 bits per heavy atom. The normalized spacial score (nSPS) is 20.1. The smallest absolute Gasteiger partial charge is 0.0695 e. The summed E-state index contributed by atoms with van der Waals surface area (Å²) in [5.41, 5.74) is 0. The highest BCUT2D eigenvalue weighted by Crippen LogP contribution is 2.31. The Hall–Kier alpha value is -0.0800. The second-order valence-corrected chi connectivity index (χ2v) is 5.15. The maximum absolute atomic E-state index is 10.2. The monoisotopic (exact) mass is 227 g/mol. The summed E-state index contributed by atoms with van der Waals surface area (Å²) in [6.45, 7) is 7.79. The van der Waals surface area contributed by atoms with E-state index in [1.54, 1.807) is 0 Å². The summed E-state index contributed by atoms with van der Waals surface area (Å²) >= 11 is 0. The zero-order chi connectivity index (χ0) is 12.0. The Morgan fingerprint density at radius 3 is 2.31 bits per heavy atom. The largest absolute Gasteiger partial charge is 0.391 e. The first kappa shape index (κ1) is 14.0. The first-order valence-corrected chi connectivity index (χ1v) is 7.18. The van der Waals surface area contributed by atoms with E-state index in [2.05, 4.69) is 25.7 Å². The van der Waals surface area contributed by atoms with Gasteiger partial charge in [0.15, 0.2) is 0 Å². The van der Waals surface area contributed by atoms with Crippen LogP contribution >= 0.6 is 0 Å². The SMILES string of the molecule is CCCCN(C1CC1)C(CC)C(O)CCC. The third-order valence-electron chi connectivity index (χ3n) is 3.66. The van der Waals surface area contributed by atoms with Crippen molar-refractivity contribution in [2.24, 2.45) is 0 Å². The quantitative estimate of drug-likeness (QED) is 0.654. The summed E-state index contributed by atoms with van der Waals surface area (Å²) in [4.78, 5) is 2.59. The van der Waals surface area contributed by atoms with Gasteiger partial charge in [0.25, 0.3) is 0 Å². The molecule has 1 fully saturated rings. The predicted octanol–water partition coefficient (Wildman–Crippen LogP) is 3.19. The van der Waals surface area contributed by atoms with Crippen molar-refractivity contribution in [1.29, 1.82) is 0 Å². The summed E-state index contributed by atoms with van der Waals surface area (Å²) in [6.07, 6.45) is 8.22. The molecule has 1 aliphatic carbocycles. The van der Waals surface area contributed by atoms with Crippen LogP contribution in [0.25, 0.3) is 0 Å². The number of aliphatic hydroxyl groups excluding tert-OH is 1. The molecule has 2 nitrogen and oxygen atoms in total. The van der Waals surface area contributed by atoms with E-state index in [0.717, 1.165) is 25.3 Å². The molecule has 1 saturated carbocycles. The van der Waals surface area contributed by atoms with Crippen molar-refractivity contribution in [3.05, 3.63) is 0 Å². The molecule has 1 N–H and O–H groups in total. The molecule has 0 amide bonds. The zero-order valence-corrected chi connectivity index (χ0v) is 11.3. The van der Waals surface area contributed by atoms with Crippen molar-refractivity contribution in [3.63, 3.8) is 0 Å². The lowest BCUT2D eigenvalue weighted by Crippen LogP contribution is -2.45. The van der Waals surface area contributed by atoms with Gasteiger partial charge in [-0.25, -0.2) is 0 Å². The predicted molar refractivity (Wildman–Crippen MR) is 69.6 cm³/mol. The van der Waals surface area contributed by atoms with Crippen LogP contribution in [0.15, 0.2) is 0 Å². The van der Waals surface area contributed by atoms with E-state index in [9.17, 15) is 5.11 Å². The lowest BCUT2D eigenvalue weighted by molar-refractivity contribution is 0.0350. The van der Waals surface area contributed by atoms with Gasteiger partial charge in [0.2, 0.25) is 0 Å². The molecule has 16 heavy (non-hydrogen) atoms. The van der Waals surface area contributed by atoms with E-state index >= 15 is 0 Å². The third kappa shape index (κ3) is 4.06. The molecule has 0 aromatic carbocycles. The van der Waals surface area contributed by atoms with Crippen LogP contribution < -0.4 is 0 Å². The van der Waals surface area contributed by atoms with Crippen LogP contribution in [0, 0.1) is 0 Å². The number of hydrogen-bond donors (Lipinski definition) is 1. The van der Waals surface area contributed by atoms with Gasteiger partial charge in [0.05, 0.1) is 6.10 Å². The Morgan fingerprint density at radius 2 is 1.88 bits per heavy atom. The van der Waals surface area contributed by atoms with Crippen LogP contribution in [0.3, 0.4) is 0 Å². The molecule has 2 unspecified atom stereocenters. The van der Waals surface area contributed by atoms with Gasteiger partial charge in [-0.2, -0.15) is 0 Å². The molecular weight excluding hydrogens is 198 g/mol. The molecule has 2 heteroatoms. The molecule has 96 valence electrons. The van der Waals surface area contributed by atoms with E-state index in [1.807, 2.05) is 0 Å². The number of nitrogens with zero attached hydrogens (tertiary/aromatic N) is 1. The van der Waals surface area contributed by atoms with Crippen molar-refractivity contribution in [1.82, 2.24) is 4.90 Å². The van der Waals surface area contributed by atoms with Crippen LogP contribution in [-0.2, 0) is 0 Å². The summed E-state index contributed by atoms with van der Waals surface area (Å²) in [6, 6.07) is 1.18. The average Bonchev–Trinajstić information content (AvgIpc) is 3.08. The van der Waals surface area contributed by atoms with Crippen molar-refractivity contribution in [2.75, 3.05) is 6.54 Å². The van der Waals surface area contributed by atoms with E-state index < -0.39 is 0 Å². The molecule has 0 heterocycles. The maximum Gasteiger partial charge on any atom is 0.0695 e. The highest BCUT2D eigenvalue weighted by atomic mass is 16.3. The Bertz CT molecular complexity index is 180. The topological polar surface area (TPSA) is 23.5 Å². The van der Waals surface area contributed by atoms with E-state index in [4.69, 9.17) is 0 Å². The average molecular weight is 227 g/mol. The van der Waals surface area contributed by atoms with Gasteiger partial charge in [-0.3, -0.25) is 4.90 Å². The summed E-state index contributed by atoms with van der Waals surface area (Å²) in [5.74, 6) is 0. The molecule has 0 bridgehead atoms. The van der Waals surface area contributed by atoms with Crippen LogP contribution in [0.1, 0.15) is 65.7 Å². The van der Waals surface area contributed by atoms with E-state index in [1.165, 1.54) is 32.2 Å². The van der Waals surface area contributed by atoms with E-state index in [-0.39, 0.29) is 6.10 Å². The van der Waals surface area contributed by atoms with Gasteiger partial charge < -0.3 is 5.11 Å². The number of aliphatic hydroxyl groups is 1. The molecule has 0 aromatic rings. The van der Waals surface area contributed by atoms with Gasteiger partial charge in [-0.1, -0.05) is 33.6 Å². The summed E-state index contributed by atoms with van der Waals surface area (Å²) in [5, 5.41) is 10.2. The summed E-state index contributed by atoms with van der Waals surface area (Å²) < 4.78 is 0. The molecule has 0 saturated heterocycles. The minimum absolute atomic E-state index is 0.118. The fourth-order valence-electron chi connectivity index (χ4n) is 2.58. The van der Waals surface area contributed by atoms with Crippen molar-refractivity contribution < 1.29 is 5.11 Å². The van der Waals surface area contributed by atoms with Crippen LogP contribution in [-0.4, -0.2) is 34.7 Å². The number of hydrogen-bond acceptors (Lipinski definition) is 2. The maximum atomic E-state index is 10.2. The molecule has 1 rings (SSSR count). The molecule has 0 aliphatic heterocycles. The van der Waals surface area contributed by atoms with Gasteiger partial charge in [-0.05, 0) is 38.6 Å². The lowest BCUT2D eigenvalue weighted by Gasteiger charge is -2.34. The van der Waals surface area contributed by atoms with Crippen LogP contribution in [0.5, 0.6) is 0 Å². The second-order valence-electron chi connectivity index (χ2n) is 5.15. The molecule has 1 aliphatic rings. The van der Waals surface area contributed by atoms with Crippen LogP contribution in [0.4, 0.5) is 0 Å². The Labute approximate surface area is 101 Å². The number of rotatable bonds is 9. The fourth-order valence-corrected chi connectivity index (χ4v) is 2.58. The van der Waals surface area contributed by atoms with Gasteiger partial charge in [0, 0.05) is 12.1 Å². The highest BCUT2D eigenvalue weighted by molar-refractivity contribution is 4.90. The van der Waals surface area contributed by atoms with Gasteiger partial charge >= 0.3 is 0 Å². The lowest BCUT2D eigenvalue weighted by atomic mass is 10.0. The highest BCUT2D eigenvalue weighted by Gasteiger charge is 2.35. The van der Waals surface area contributed by atoms with Crippen molar-refractivity contribution in [3.8, 4) is 0 Å².